The monoisotopic (exact) mass is 514 g/mol. The molecule has 2 aromatic carbocycles. The summed E-state index contributed by atoms with van der Waals surface area (Å²) in [5.41, 5.74) is -3.97. The number of alkyl halides is 3. The lowest BCUT2D eigenvalue weighted by Crippen LogP contribution is -2.74. The molecule has 1 aromatic heterocycles. The highest BCUT2D eigenvalue weighted by Gasteiger charge is 2.70. The maximum Gasteiger partial charge on any atom is 0.437 e. The molecule has 1 aliphatic heterocycles. The van der Waals surface area contributed by atoms with Gasteiger partial charge in [0.1, 0.15) is 5.92 Å². The second-order valence-electron chi connectivity index (χ2n) is 7.33. The average Bonchev–Trinajstić information content (AvgIpc) is 3.29. The minimum atomic E-state index is -5.40. The highest BCUT2D eigenvalue weighted by molar-refractivity contribution is 7.12. The Labute approximate surface area is 200 Å². The molecule has 1 aliphatic rings. The molecule has 0 spiro atoms. The van der Waals surface area contributed by atoms with E-state index in [4.69, 9.17) is 23.2 Å². The van der Waals surface area contributed by atoms with Gasteiger partial charge in [0.25, 0.3) is 5.72 Å². The molecule has 11 heteroatoms. The Kier molecular flexibility index (Phi) is 6.17. The van der Waals surface area contributed by atoms with E-state index in [2.05, 4.69) is 5.32 Å². The van der Waals surface area contributed by atoms with Gasteiger partial charge in [0.2, 0.25) is 0 Å². The quantitative estimate of drug-likeness (QED) is 0.414. The van der Waals surface area contributed by atoms with Crippen LogP contribution >= 0.6 is 34.5 Å². The molecule has 2 heterocycles. The number of rotatable bonds is 4. The standard InChI is InChI=1S/C22H15Cl2F3N2O3S/c23-13-5-3-12(4-6-13)18-17(19(30)16-2-1-11-33-16)21(32,22(25,26)27)29(20(31)28-18)15-9-7-14(24)8-10-15/h1-11,17-18,32H,(H,28,31)/t17-,18+,21+/m0/s1. The van der Waals surface area contributed by atoms with E-state index in [1.807, 2.05) is 0 Å². The Morgan fingerprint density at radius 3 is 2.12 bits per heavy atom. The molecular weight excluding hydrogens is 500 g/mol. The van der Waals surface area contributed by atoms with Crippen molar-refractivity contribution in [3.63, 3.8) is 0 Å². The number of Topliss-reactive ketones (excluding diaryl/α,β-unsaturated/α-hetero) is 1. The van der Waals surface area contributed by atoms with Crippen LogP contribution in [0.5, 0.6) is 0 Å². The van der Waals surface area contributed by atoms with Crippen LogP contribution in [-0.2, 0) is 0 Å². The fourth-order valence-corrected chi connectivity index (χ4v) is 4.82. The number of halogens is 5. The molecule has 33 heavy (non-hydrogen) atoms. The number of nitrogens with zero attached hydrogens (tertiary/aromatic N) is 1. The van der Waals surface area contributed by atoms with Gasteiger partial charge < -0.3 is 10.4 Å². The molecule has 172 valence electrons. The minimum absolute atomic E-state index is 0.00819. The highest BCUT2D eigenvalue weighted by Crippen LogP contribution is 2.50. The number of amides is 2. The molecule has 3 aromatic rings. The maximum absolute atomic E-state index is 14.7. The van der Waals surface area contributed by atoms with Gasteiger partial charge in [-0.2, -0.15) is 13.2 Å². The van der Waals surface area contributed by atoms with Crippen LogP contribution in [-0.4, -0.2) is 28.8 Å². The predicted molar refractivity (Wildman–Crippen MR) is 120 cm³/mol. The number of thiophene rings is 1. The summed E-state index contributed by atoms with van der Waals surface area (Å²) >= 11 is 12.7. The number of hydrogen-bond donors (Lipinski definition) is 2. The van der Waals surface area contributed by atoms with Crippen molar-refractivity contribution >= 4 is 52.0 Å². The predicted octanol–water partition coefficient (Wildman–Crippen LogP) is 6.08. The number of anilines is 1. The first kappa shape index (κ1) is 23.6. The second kappa shape index (κ2) is 8.64. The number of aliphatic hydroxyl groups is 1. The van der Waals surface area contributed by atoms with Crippen molar-refractivity contribution < 1.29 is 27.9 Å². The zero-order valence-electron chi connectivity index (χ0n) is 16.5. The minimum Gasteiger partial charge on any atom is -0.362 e. The Hall–Kier alpha value is -2.59. The Balaban J connectivity index is 1.95. The largest absolute Gasteiger partial charge is 0.437 e. The summed E-state index contributed by atoms with van der Waals surface area (Å²) in [5.74, 6) is -3.10. The van der Waals surface area contributed by atoms with Crippen LogP contribution in [0.3, 0.4) is 0 Å². The van der Waals surface area contributed by atoms with Crippen molar-refractivity contribution in [2.45, 2.75) is 17.9 Å². The number of nitrogens with one attached hydrogen (secondary N) is 1. The topological polar surface area (TPSA) is 69.6 Å². The van der Waals surface area contributed by atoms with E-state index in [-0.39, 0.29) is 26.1 Å². The van der Waals surface area contributed by atoms with Crippen LogP contribution in [0, 0.1) is 5.92 Å². The number of benzene rings is 2. The molecule has 0 radical (unpaired) electrons. The first-order valence-corrected chi connectivity index (χ1v) is 11.2. The van der Waals surface area contributed by atoms with E-state index in [1.54, 1.807) is 0 Å². The van der Waals surface area contributed by atoms with Gasteiger partial charge in [-0.3, -0.25) is 9.69 Å². The molecule has 1 saturated heterocycles. The van der Waals surface area contributed by atoms with E-state index in [0.29, 0.717) is 5.02 Å². The molecule has 0 aliphatic carbocycles. The van der Waals surface area contributed by atoms with Crippen LogP contribution in [0.1, 0.15) is 21.3 Å². The SMILES string of the molecule is O=C(c1cccs1)[C@@H]1[C@@H](c2ccc(Cl)cc2)NC(=O)N(c2ccc(Cl)cc2)[C@]1(O)C(F)(F)F. The van der Waals surface area contributed by atoms with Gasteiger partial charge in [-0.1, -0.05) is 41.4 Å². The van der Waals surface area contributed by atoms with Gasteiger partial charge in [0.15, 0.2) is 5.78 Å². The number of hydrogen-bond acceptors (Lipinski definition) is 4. The molecule has 1 fully saturated rings. The zero-order chi connectivity index (χ0) is 24.0. The van der Waals surface area contributed by atoms with Gasteiger partial charge >= 0.3 is 12.2 Å². The third-order valence-electron chi connectivity index (χ3n) is 5.37. The lowest BCUT2D eigenvalue weighted by Gasteiger charge is -2.51. The number of carbonyl (C=O) groups is 2. The van der Waals surface area contributed by atoms with Crippen molar-refractivity contribution in [3.05, 3.63) is 86.5 Å². The third kappa shape index (κ3) is 4.10. The average molecular weight is 515 g/mol. The van der Waals surface area contributed by atoms with Crippen LogP contribution in [0.4, 0.5) is 23.7 Å². The van der Waals surface area contributed by atoms with Crippen molar-refractivity contribution in [3.8, 4) is 0 Å². The summed E-state index contributed by atoms with van der Waals surface area (Å²) in [4.78, 5) is 26.6. The molecule has 5 nitrogen and oxygen atoms in total. The molecular formula is C22H15Cl2F3N2O3S. The van der Waals surface area contributed by atoms with E-state index >= 15 is 0 Å². The lowest BCUT2D eigenvalue weighted by molar-refractivity contribution is -0.275. The summed E-state index contributed by atoms with van der Waals surface area (Å²) in [7, 11) is 0. The van der Waals surface area contributed by atoms with Gasteiger partial charge in [0.05, 0.1) is 10.9 Å². The summed E-state index contributed by atoms with van der Waals surface area (Å²) in [6.07, 6.45) is -5.40. The normalized spacial score (nSPS) is 23.3. The fourth-order valence-electron chi connectivity index (χ4n) is 3.87. The van der Waals surface area contributed by atoms with Gasteiger partial charge in [-0.05, 0) is 53.4 Å². The molecule has 0 unspecified atom stereocenters. The Morgan fingerprint density at radius 1 is 1.03 bits per heavy atom. The van der Waals surface area contributed by atoms with Crippen LogP contribution in [0.25, 0.3) is 0 Å². The molecule has 0 bridgehead atoms. The first-order valence-electron chi connectivity index (χ1n) is 9.52. The van der Waals surface area contributed by atoms with Crippen molar-refractivity contribution in [1.29, 1.82) is 0 Å². The molecule has 3 atom stereocenters. The van der Waals surface area contributed by atoms with E-state index in [9.17, 15) is 27.9 Å². The summed E-state index contributed by atoms with van der Waals surface area (Å²) < 4.78 is 44.0. The van der Waals surface area contributed by atoms with Crippen molar-refractivity contribution in [1.82, 2.24) is 5.32 Å². The summed E-state index contributed by atoms with van der Waals surface area (Å²) in [5, 5.41) is 15.9. The highest BCUT2D eigenvalue weighted by atomic mass is 35.5. The van der Waals surface area contributed by atoms with Crippen LogP contribution in [0.2, 0.25) is 10.0 Å². The van der Waals surface area contributed by atoms with Crippen LogP contribution in [0.15, 0.2) is 66.0 Å². The second-order valence-corrected chi connectivity index (χ2v) is 9.15. The number of ketones is 1. The van der Waals surface area contributed by atoms with Gasteiger partial charge in [-0.25, -0.2) is 4.79 Å². The van der Waals surface area contributed by atoms with Crippen molar-refractivity contribution in [2.75, 3.05) is 4.90 Å². The molecule has 4 rings (SSSR count). The van der Waals surface area contributed by atoms with Gasteiger partial charge in [0, 0.05) is 15.7 Å². The fraction of sp³-hybridized carbons (Fsp3) is 0.182. The summed E-state index contributed by atoms with van der Waals surface area (Å²) in [6, 6.07) is 10.7. The van der Waals surface area contributed by atoms with Crippen molar-refractivity contribution in [2.24, 2.45) is 5.92 Å². The lowest BCUT2D eigenvalue weighted by atomic mass is 9.77. The smallest absolute Gasteiger partial charge is 0.362 e. The van der Waals surface area contributed by atoms with Crippen LogP contribution < -0.4 is 10.2 Å². The number of carbonyl (C=O) groups excluding carboxylic acids is 2. The Bertz CT molecular complexity index is 1170. The zero-order valence-corrected chi connectivity index (χ0v) is 18.8. The van der Waals surface area contributed by atoms with E-state index in [0.717, 1.165) is 23.5 Å². The van der Waals surface area contributed by atoms with E-state index in [1.165, 1.54) is 53.9 Å². The van der Waals surface area contributed by atoms with Gasteiger partial charge in [-0.15, -0.1) is 11.3 Å². The Morgan fingerprint density at radius 2 is 1.61 bits per heavy atom. The molecule has 2 N–H and O–H groups in total. The first-order chi connectivity index (χ1) is 15.5. The number of urea groups is 1. The third-order valence-corrected chi connectivity index (χ3v) is 6.76. The maximum atomic E-state index is 14.7. The molecule has 2 amide bonds. The molecule has 0 saturated carbocycles. The van der Waals surface area contributed by atoms with E-state index < -0.39 is 35.7 Å². The summed E-state index contributed by atoms with van der Waals surface area (Å²) in [6.45, 7) is 0.